The molecule has 1 unspecified atom stereocenters. The number of aromatic nitrogens is 2. The molecular formula is C49H31N9O5. The molecule has 14 heteroatoms. The second-order valence-corrected chi connectivity index (χ2v) is 14.9. The summed E-state index contributed by atoms with van der Waals surface area (Å²) in [6, 6.07) is 46.8. The van der Waals surface area contributed by atoms with E-state index in [0.717, 1.165) is 27.7 Å². The second kappa shape index (κ2) is 14.9. The summed E-state index contributed by atoms with van der Waals surface area (Å²) in [6.45, 7) is 0. The lowest BCUT2D eigenvalue weighted by atomic mass is 9.91. The molecule has 3 heterocycles. The third kappa shape index (κ3) is 6.46. The number of nitrogens with one attached hydrogen (secondary N) is 2. The molecule has 8 aromatic carbocycles. The summed E-state index contributed by atoms with van der Waals surface area (Å²) < 4.78 is 6.03. The molecule has 302 valence electrons. The number of hydrogen-bond acceptors (Lipinski definition) is 12. The van der Waals surface area contributed by atoms with Gasteiger partial charge in [0, 0.05) is 38.5 Å². The quantitative estimate of drug-likeness (QED) is 0.109. The Labute approximate surface area is 357 Å². The highest BCUT2D eigenvalue weighted by molar-refractivity contribution is 6.22. The van der Waals surface area contributed by atoms with Gasteiger partial charge in [0.15, 0.2) is 5.75 Å². The zero-order chi connectivity index (χ0) is 42.6. The van der Waals surface area contributed by atoms with Crippen LogP contribution in [0.1, 0.15) is 32.4 Å². The van der Waals surface area contributed by atoms with E-state index in [9.17, 15) is 19.8 Å². The molecule has 1 aromatic heterocycles. The number of carbonyl (C=O) groups is 2. The third-order valence-corrected chi connectivity index (χ3v) is 11.1. The van der Waals surface area contributed by atoms with Gasteiger partial charge in [-0.25, -0.2) is 0 Å². The number of rotatable bonds is 8. The zero-order valence-corrected chi connectivity index (χ0v) is 32.8. The number of phenolic OH excluding ortho intramolecular Hbond substituents is 2. The van der Waals surface area contributed by atoms with Crippen LogP contribution >= 0.6 is 0 Å². The maximum Gasteiger partial charge on any atom is 0.261 e. The summed E-state index contributed by atoms with van der Waals surface area (Å²) in [7, 11) is 0. The summed E-state index contributed by atoms with van der Waals surface area (Å²) in [6.07, 6.45) is -0.385. The molecule has 14 nitrogen and oxygen atoms in total. The van der Waals surface area contributed by atoms with Crippen molar-refractivity contribution >= 4 is 73.2 Å². The number of para-hydroxylation sites is 3. The highest BCUT2D eigenvalue weighted by Gasteiger charge is 2.41. The van der Waals surface area contributed by atoms with Crippen molar-refractivity contribution in [2.24, 2.45) is 20.5 Å². The first-order valence-electron chi connectivity index (χ1n) is 19.8. The van der Waals surface area contributed by atoms with E-state index < -0.39 is 5.91 Å². The molecule has 0 fully saturated rings. The van der Waals surface area contributed by atoms with Gasteiger partial charge in [-0.1, -0.05) is 72.8 Å². The van der Waals surface area contributed by atoms with E-state index in [1.165, 1.54) is 6.07 Å². The van der Waals surface area contributed by atoms with Gasteiger partial charge in [0.05, 0.1) is 33.9 Å². The third-order valence-electron chi connectivity index (χ3n) is 11.1. The van der Waals surface area contributed by atoms with E-state index in [1.807, 2.05) is 84.9 Å². The Hall–Kier alpha value is -9.04. The van der Waals surface area contributed by atoms with Crippen LogP contribution in [0, 0.1) is 0 Å². The SMILES string of the molecule is O=C(Nc1ccccc1)c1cc2ccccc2c(N=Nc2ccc(-c3nnc(-c4ccc(N=Nc5c(O)cc6c7c(cccc57)C5Nc7ccccc7N5C6=O)cc4)o3)cc2)c1O. The lowest BCUT2D eigenvalue weighted by Gasteiger charge is -2.32. The van der Waals surface area contributed by atoms with Gasteiger partial charge >= 0.3 is 0 Å². The van der Waals surface area contributed by atoms with Crippen molar-refractivity contribution in [1.82, 2.24) is 10.2 Å². The van der Waals surface area contributed by atoms with Crippen LogP contribution in [0.4, 0.5) is 39.8 Å². The van der Waals surface area contributed by atoms with Gasteiger partial charge in [-0.15, -0.1) is 20.4 Å². The first-order valence-corrected chi connectivity index (χ1v) is 19.8. The Morgan fingerprint density at radius 2 is 1.30 bits per heavy atom. The highest BCUT2D eigenvalue weighted by atomic mass is 16.4. The van der Waals surface area contributed by atoms with Crippen LogP contribution in [0.5, 0.6) is 11.5 Å². The fourth-order valence-electron chi connectivity index (χ4n) is 8.04. The Bertz CT molecular complexity index is 3370. The van der Waals surface area contributed by atoms with E-state index in [2.05, 4.69) is 41.3 Å². The van der Waals surface area contributed by atoms with Gasteiger partial charge in [0.25, 0.3) is 11.8 Å². The van der Waals surface area contributed by atoms with E-state index in [1.54, 1.807) is 71.6 Å². The second-order valence-electron chi connectivity index (χ2n) is 14.9. The van der Waals surface area contributed by atoms with Crippen molar-refractivity contribution < 1.29 is 24.2 Å². The van der Waals surface area contributed by atoms with Crippen LogP contribution in [0.3, 0.4) is 0 Å². The molecule has 0 saturated carbocycles. The number of fused-ring (bicyclic) bond motifs is 5. The summed E-state index contributed by atoms with van der Waals surface area (Å²) in [4.78, 5) is 28.7. The average Bonchev–Trinajstić information content (AvgIpc) is 3.97. The molecule has 0 radical (unpaired) electrons. The molecular weight excluding hydrogens is 795 g/mol. The van der Waals surface area contributed by atoms with Crippen LogP contribution in [-0.4, -0.2) is 32.2 Å². The number of hydrogen-bond donors (Lipinski definition) is 4. The number of azo groups is 2. The molecule has 11 rings (SSSR count). The summed E-state index contributed by atoms with van der Waals surface area (Å²) in [5.41, 5.74) is 6.36. The van der Waals surface area contributed by atoms with Gasteiger partial charge < -0.3 is 25.3 Å². The van der Waals surface area contributed by atoms with Crippen LogP contribution in [0.2, 0.25) is 0 Å². The zero-order valence-electron chi connectivity index (χ0n) is 32.8. The first kappa shape index (κ1) is 37.0. The van der Waals surface area contributed by atoms with E-state index in [-0.39, 0.29) is 46.4 Å². The minimum atomic E-state index is -0.475. The van der Waals surface area contributed by atoms with Crippen molar-refractivity contribution in [2.75, 3.05) is 15.5 Å². The molecule has 1 atom stereocenters. The fourth-order valence-corrected chi connectivity index (χ4v) is 8.04. The minimum absolute atomic E-state index is 0.0715. The summed E-state index contributed by atoms with van der Waals surface area (Å²) in [5.74, 6) is -0.542. The lowest BCUT2D eigenvalue weighted by Crippen LogP contribution is -2.37. The fraction of sp³-hybridized carbons (Fsp3) is 0.0204. The van der Waals surface area contributed by atoms with Gasteiger partial charge in [0.2, 0.25) is 11.8 Å². The van der Waals surface area contributed by atoms with Gasteiger partial charge in [-0.05, 0) is 90.3 Å². The smallest absolute Gasteiger partial charge is 0.261 e. The maximum atomic E-state index is 13.8. The average molecular weight is 826 g/mol. The molecule has 0 bridgehead atoms. The Kier molecular flexibility index (Phi) is 8.75. The predicted molar refractivity (Wildman–Crippen MR) is 239 cm³/mol. The van der Waals surface area contributed by atoms with Gasteiger partial charge in [-0.3, -0.25) is 14.5 Å². The number of amides is 2. The monoisotopic (exact) mass is 825 g/mol. The molecule has 2 amide bonds. The normalized spacial score (nSPS) is 14.1. The molecule has 2 aliphatic rings. The van der Waals surface area contributed by atoms with Crippen LogP contribution in [-0.2, 0) is 0 Å². The van der Waals surface area contributed by atoms with Crippen LogP contribution < -0.4 is 15.5 Å². The Morgan fingerprint density at radius 3 is 2.03 bits per heavy atom. The lowest BCUT2D eigenvalue weighted by molar-refractivity contribution is 0.0978. The molecule has 0 saturated heterocycles. The number of anilines is 3. The van der Waals surface area contributed by atoms with Crippen molar-refractivity contribution in [3.8, 4) is 34.4 Å². The molecule has 63 heavy (non-hydrogen) atoms. The van der Waals surface area contributed by atoms with Crippen molar-refractivity contribution in [1.29, 1.82) is 0 Å². The van der Waals surface area contributed by atoms with Crippen LogP contribution in [0.25, 0.3) is 44.5 Å². The molecule has 2 aliphatic heterocycles. The maximum absolute atomic E-state index is 13.8. The van der Waals surface area contributed by atoms with Crippen molar-refractivity contribution in [2.45, 2.75) is 6.17 Å². The Morgan fingerprint density at radius 1 is 0.667 bits per heavy atom. The predicted octanol–water partition coefficient (Wildman–Crippen LogP) is 12.3. The number of phenols is 2. The number of benzene rings is 8. The topological polar surface area (TPSA) is 190 Å². The standard InChI is InChI=1S/C49H31N9O5/c59-40-26-36-41-34(13-8-14-35(41)45-51-38-15-6-7-16-39(38)58(45)49(36)62)42(40)54-52-31-21-17-27(18-22-31)47-56-57-48(63-47)28-19-23-32(24-20-28)53-55-43-33-12-5-4-9-29(33)25-37(44(43)60)46(61)50-30-10-2-1-3-11-30/h1-26,45,51,59-60H,(H,50,61). The molecule has 4 N–H and O–H groups in total. The Balaban J connectivity index is 0.802. The van der Waals surface area contributed by atoms with Gasteiger partial charge in [-0.2, -0.15) is 10.2 Å². The van der Waals surface area contributed by atoms with Gasteiger partial charge in [0.1, 0.15) is 23.3 Å². The molecule has 9 aromatic rings. The van der Waals surface area contributed by atoms with Crippen molar-refractivity contribution in [3.63, 3.8) is 0 Å². The summed E-state index contributed by atoms with van der Waals surface area (Å²) >= 11 is 0. The van der Waals surface area contributed by atoms with E-state index in [0.29, 0.717) is 50.4 Å². The largest absolute Gasteiger partial charge is 0.506 e. The number of aromatic hydroxyl groups is 2. The van der Waals surface area contributed by atoms with E-state index in [4.69, 9.17) is 4.42 Å². The summed E-state index contributed by atoms with van der Waals surface area (Å²) in [5, 5.41) is 57.5. The van der Waals surface area contributed by atoms with Crippen molar-refractivity contribution in [3.05, 3.63) is 174 Å². The minimum Gasteiger partial charge on any atom is -0.506 e. The molecule has 0 aliphatic carbocycles. The van der Waals surface area contributed by atoms with Crippen LogP contribution in [0.15, 0.2) is 183 Å². The highest BCUT2D eigenvalue weighted by Crippen LogP contribution is 2.50. The van der Waals surface area contributed by atoms with E-state index >= 15 is 0 Å². The first-order chi connectivity index (χ1) is 30.9. The number of nitrogens with zero attached hydrogens (tertiary/aromatic N) is 7. The number of carbonyl (C=O) groups excluding carboxylic acids is 2. The molecule has 0 spiro atoms.